The summed E-state index contributed by atoms with van der Waals surface area (Å²) in [6.07, 6.45) is 1.70. The lowest BCUT2D eigenvalue weighted by atomic mass is 9.29. The van der Waals surface area contributed by atoms with Gasteiger partial charge in [0.05, 0.1) is 0 Å². The van der Waals surface area contributed by atoms with Crippen LogP contribution in [0.5, 0.6) is 0 Å². The molecule has 12 heteroatoms. The Hall–Kier alpha value is -9.39. The third kappa shape index (κ3) is 4.41. The van der Waals surface area contributed by atoms with Gasteiger partial charge in [0, 0.05) is 114 Å². The number of fused-ring (bicyclic) bond motifs is 27. The summed E-state index contributed by atoms with van der Waals surface area (Å²) in [5.41, 5.74) is 38.2. The summed E-state index contributed by atoms with van der Waals surface area (Å²) in [6.45, 7) is 0.351. The van der Waals surface area contributed by atoms with Crippen molar-refractivity contribution in [1.82, 2.24) is 0 Å². The van der Waals surface area contributed by atoms with Crippen LogP contribution < -0.4 is 107 Å². The van der Waals surface area contributed by atoms with E-state index in [1.54, 1.807) is 0 Å². The van der Waals surface area contributed by atoms with Crippen LogP contribution in [0.25, 0.3) is 32.3 Å². The molecule has 0 radical (unpaired) electrons. The van der Waals surface area contributed by atoms with Crippen molar-refractivity contribution in [1.29, 1.82) is 0 Å². The summed E-state index contributed by atoms with van der Waals surface area (Å²) in [4.78, 5) is 11.0. The molecule has 10 aliphatic rings. The lowest BCUT2D eigenvalue weighted by Crippen LogP contribution is -2.68. The molecule has 0 unspecified atom stereocenters. The third-order valence-electron chi connectivity index (χ3n) is 20.9. The summed E-state index contributed by atoms with van der Waals surface area (Å²) in [5, 5.41) is 17.3. The summed E-state index contributed by atoms with van der Waals surface area (Å²) < 4.78 is 0. The molecule has 0 fully saturated rings. The van der Waals surface area contributed by atoms with Gasteiger partial charge in [0.15, 0.2) is 14.6 Å². The zero-order chi connectivity index (χ0) is 51.1. The largest absolute Gasteiger partial charge is 0.356 e. The maximum Gasteiger partial charge on any atom is 0.252 e. The van der Waals surface area contributed by atoms with Gasteiger partial charge in [-0.05, 0) is 125 Å². The molecular weight excluding hydrogens is 966 g/mol. The molecule has 0 amide bonds. The number of rotatable bonds is 0. The van der Waals surface area contributed by atoms with Crippen molar-refractivity contribution in [2.45, 2.75) is 0 Å². The van der Waals surface area contributed by atoms with E-state index in [-0.39, 0.29) is 26.9 Å². The van der Waals surface area contributed by atoms with Crippen LogP contribution in [0, 0.1) is 0 Å². The fourth-order valence-electron chi connectivity index (χ4n) is 18.3. The molecule has 0 saturated carbocycles. The van der Waals surface area contributed by atoms with Gasteiger partial charge in [-0.15, -0.1) is 0 Å². The smallest absolute Gasteiger partial charge is 0.252 e. The molecule has 80 heavy (non-hydrogen) atoms. The van der Waals surface area contributed by atoms with E-state index in [0.717, 1.165) is 27.4 Å². The molecule has 0 saturated heterocycles. The van der Waals surface area contributed by atoms with Gasteiger partial charge in [0.25, 0.3) is 13.4 Å². The van der Waals surface area contributed by atoms with E-state index in [1.165, 1.54) is 188 Å². The Morgan fingerprint density at radius 3 is 1.10 bits per heavy atom. The number of benzene rings is 12. The Balaban J connectivity index is 1.03. The van der Waals surface area contributed by atoms with Crippen molar-refractivity contribution in [3.8, 4) is 0 Å². The van der Waals surface area contributed by atoms with Crippen molar-refractivity contribution in [2.75, 3.05) is 43.1 Å². The number of nitrogens with one attached hydrogen (secondary N) is 2. The third-order valence-corrected chi connectivity index (χ3v) is 20.9. The molecule has 0 atom stereocenters. The van der Waals surface area contributed by atoms with Gasteiger partial charge >= 0.3 is 0 Å². The Kier molecular flexibility index (Phi) is 6.99. The minimum absolute atomic E-state index is 0.0744. The van der Waals surface area contributed by atoms with E-state index >= 15 is 0 Å². The zero-order valence-electron chi connectivity index (χ0n) is 43.4. The highest BCUT2D eigenvalue weighted by Gasteiger charge is 2.54. The predicted molar refractivity (Wildman–Crippen MR) is 347 cm³/mol. The normalized spacial score (nSPS) is 15.8. The lowest BCUT2D eigenvalue weighted by molar-refractivity contribution is 1.15. The van der Waals surface area contributed by atoms with Crippen LogP contribution in [0.3, 0.4) is 0 Å². The molecule has 22 rings (SSSR count). The van der Waals surface area contributed by atoms with Gasteiger partial charge in [0.2, 0.25) is 13.4 Å². The molecule has 10 heterocycles. The highest BCUT2D eigenvalue weighted by molar-refractivity contribution is 7.04. The van der Waals surface area contributed by atoms with Crippen molar-refractivity contribution in [2.24, 2.45) is 0 Å². The summed E-state index contributed by atoms with van der Waals surface area (Å²) in [6, 6.07) is 74.8. The summed E-state index contributed by atoms with van der Waals surface area (Å²) >= 11 is 0. The number of hydrogen-bond acceptors (Lipinski definition) is 6. The van der Waals surface area contributed by atoms with Crippen LogP contribution in [-0.4, -0.2) is 54.3 Å². The number of hydrogen-bond donors (Lipinski definition) is 2. The van der Waals surface area contributed by atoms with Crippen molar-refractivity contribution in [3.63, 3.8) is 0 Å². The Labute approximate surface area is 464 Å². The minimum atomic E-state index is 0.0744. The van der Waals surface area contributed by atoms with E-state index in [4.69, 9.17) is 0 Å². The highest BCUT2D eigenvalue weighted by Crippen LogP contribution is 2.55. The van der Waals surface area contributed by atoms with Gasteiger partial charge in [-0.3, -0.25) is 0 Å². The molecule has 2 N–H and O–H groups in total. The standard InChI is InChI=1S/C68H40B6N6/c1-11-27-45-35(17-1)69-57-51-53-54(64-59-55(51)65-61-67(57)79(45)49-31-15-7-23-41(49)73(61)39-21-5-13-29-47(39)77(65)33-71(59)37-19-3-10-26-44(37)76-64)52-56-60-63(53)75-43-25-9-4-20-38(43)72(60)34-78-48-30-14-6-22-40(48)74-42-24-8-16-32-50(42)80-46-28-12-2-18-36(46)70-58(52)68(80)62(74)66(56)78/h1-32,69-70,75-76H,33-34H2. The molecule has 0 aromatic heterocycles. The first kappa shape index (κ1) is 40.8. The monoisotopic (exact) mass is 1010 g/mol. The Morgan fingerprint density at radius 2 is 0.662 bits per heavy atom. The SMILES string of the molecule is B1c2ccccc2N2c3ccccc3B3c4ccccc4N4CB5c6ccccc6Nc6c5c5c4c3c2c1c5c1c2c3c4c5c7c8c(c4c61)Bc1ccccc1N8c1ccccc1B7c1ccccc1N5CB3c1ccccc1N2. The van der Waals surface area contributed by atoms with E-state index in [0.29, 0.717) is 0 Å². The second-order valence-corrected chi connectivity index (χ2v) is 24.1. The lowest BCUT2D eigenvalue weighted by Gasteiger charge is -2.52. The first-order chi connectivity index (χ1) is 39.8. The molecule has 12 aromatic carbocycles. The Bertz CT molecular complexity index is 4760. The summed E-state index contributed by atoms with van der Waals surface area (Å²) in [7, 11) is 1.67. The maximum absolute atomic E-state index is 4.43. The van der Waals surface area contributed by atoms with Crippen LogP contribution >= 0.6 is 0 Å². The number of anilines is 14. The van der Waals surface area contributed by atoms with Crippen LogP contribution in [-0.2, 0) is 0 Å². The van der Waals surface area contributed by atoms with Gasteiger partial charge in [-0.1, -0.05) is 157 Å². The summed E-state index contributed by atoms with van der Waals surface area (Å²) in [5.74, 6) is 0. The highest BCUT2D eigenvalue weighted by atomic mass is 15.2. The molecular formula is C68H40B6N6. The molecule has 0 aliphatic carbocycles. The topological polar surface area (TPSA) is 37.0 Å². The van der Waals surface area contributed by atoms with Crippen molar-refractivity contribution < 1.29 is 0 Å². The number of nitrogens with zero attached hydrogens (tertiary/aromatic N) is 4. The average Bonchev–Trinajstić information content (AvgIpc) is 2.16. The maximum atomic E-state index is 4.43. The zero-order valence-corrected chi connectivity index (χ0v) is 43.4. The molecule has 0 spiro atoms. The Morgan fingerprint density at radius 1 is 0.312 bits per heavy atom. The molecule has 12 aromatic rings. The van der Waals surface area contributed by atoms with Crippen LogP contribution in [0.4, 0.5) is 79.6 Å². The first-order valence-corrected chi connectivity index (χ1v) is 28.9. The second kappa shape index (κ2) is 13.7. The van der Waals surface area contributed by atoms with Gasteiger partial charge < -0.3 is 30.2 Å². The van der Waals surface area contributed by atoms with Crippen molar-refractivity contribution in [3.05, 3.63) is 194 Å². The molecule has 0 bridgehead atoms. The van der Waals surface area contributed by atoms with E-state index in [1.807, 2.05) is 0 Å². The molecule has 10 aliphatic heterocycles. The van der Waals surface area contributed by atoms with Crippen LogP contribution in [0.1, 0.15) is 0 Å². The van der Waals surface area contributed by atoms with E-state index < -0.39 is 0 Å². The van der Waals surface area contributed by atoms with Gasteiger partial charge in [0.1, 0.15) is 0 Å². The average molecular weight is 1010 g/mol. The molecule has 6 nitrogen and oxygen atoms in total. The first-order valence-electron chi connectivity index (χ1n) is 28.9. The van der Waals surface area contributed by atoms with Gasteiger partial charge in [-0.25, -0.2) is 0 Å². The van der Waals surface area contributed by atoms with Crippen LogP contribution in [0.15, 0.2) is 194 Å². The van der Waals surface area contributed by atoms with E-state index in [2.05, 4.69) is 224 Å². The second-order valence-electron chi connectivity index (χ2n) is 24.1. The van der Waals surface area contributed by atoms with Crippen molar-refractivity contribution >= 4 is 230 Å². The fraction of sp³-hybridized carbons (Fsp3) is 0.0294. The fourth-order valence-corrected chi connectivity index (χ4v) is 18.3. The minimum Gasteiger partial charge on any atom is -0.356 e. The van der Waals surface area contributed by atoms with E-state index in [9.17, 15) is 0 Å². The van der Waals surface area contributed by atoms with Gasteiger partial charge in [-0.2, -0.15) is 0 Å². The predicted octanol–water partition coefficient (Wildman–Crippen LogP) is 4.49. The number of para-hydroxylation sites is 8. The molecule has 360 valence electrons. The van der Waals surface area contributed by atoms with Crippen LogP contribution in [0.2, 0.25) is 0 Å². The quantitative estimate of drug-likeness (QED) is 0.173.